The lowest BCUT2D eigenvalue weighted by Crippen LogP contribution is -2.31. The number of hydrogen-bond acceptors (Lipinski definition) is 6. The van der Waals surface area contributed by atoms with Crippen molar-refractivity contribution in [2.24, 2.45) is 5.41 Å². The highest BCUT2D eigenvalue weighted by Crippen LogP contribution is 2.48. The van der Waals surface area contributed by atoms with Gasteiger partial charge in [0.15, 0.2) is 10.8 Å². The molecule has 34 heavy (non-hydrogen) atoms. The predicted octanol–water partition coefficient (Wildman–Crippen LogP) is 7.28. The number of para-hydroxylation sites is 1. The van der Waals surface area contributed by atoms with Crippen molar-refractivity contribution in [2.75, 3.05) is 10.6 Å². The number of rotatable bonds is 4. The van der Waals surface area contributed by atoms with Crippen LogP contribution in [0.4, 0.5) is 11.4 Å². The van der Waals surface area contributed by atoms with E-state index in [-0.39, 0.29) is 23.0 Å². The monoisotopic (exact) mass is 476 g/mol. The number of nitrogens with one attached hydrogen (secondary N) is 2. The summed E-state index contributed by atoms with van der Waals surface area (Å²) in [6.07, 6.45) is 1.24. The van der Waals surface area contributed by atoms with Gasteiger partial charge in [-0.25, -0.2) is 0 Å². The zero-order valence-corrected chi connectivity index (χ0v) is 21.0. The summed E-state index contributed by atoms with van der Waals surface area (Å²) in [6, 6.07) is 19.1. The summed E-state index contributed by atoms with van der Waals surface area (Å²) in [5.41, 5.74) is 3.99. The summed E-state index contributed by atoms with van der Waals surface area (Å²) < 4.78 is 6.01. The Morgan fingerprint density at radius 2 is 1.79 bits per heavy atom. The second kappa shape index (κ2) is 9.94. The van der Waals surface area contributed by atoms with E-state index in [1.807, 2.05) is 62.4 Å². The van der Waals surface area contributed by atoms with Crippen molar-refractivity contribution in [1.82, 2.24) is 0 Å². The maximum absolute atomic E-state index is 13.3. The first-order chi connectivity index (χ1) is 16.4. The molecule has 5 rings (SSSR count). The first-order valence-electron chi connectivity index (χ1n) is 11.8. The minimum atomic E-state index is -0.303. The molecule has 1 unspecified atom stereocenters. The Hall–Kier alpha value is -3.25. The Bertz CT molecular complexity index is 1200. The molecule has 0 saturated carbocycles. The highest BCUT2D eigenvalue weighted by Gasteiger charge is 2.39. The van der Waals surface area contributed by atoms with Gasteiger partial charge in [0.1, 0.15) is 18.0 Å². The number of carbonyl (C=O) groups is 1. The lowest BCUT2D eigenvalue weighted by molar-refractivity contribution is -0.118. The SMILES string of the molecule is CC.CC1(C)CC(=O)C2=C(C1)Nc1c(O)cccc1NC2c1ccc(OCc2ccccc2)s1. The fourth-order valence-electron chi connectivity index (χ4n) is 4.46. The maximum Gasteiger partial charge on any atom is 0.174 e. The minimum Gasteiger partial charge on any atom is -0.506 e. The van der Waals surface area contributed by atoms with Crippen molar-refractivity contribution in [3.63, 3.8) is 0 Å². The number of carbonyl (C=O) groups excluding carboxylic acids is 1. The Balaban J connectivity index is 0.00000133. The van der Waals surface area contributed by atoms with Gasteiger partial charge in [0.25, 0.3) is 0 Å². The predicted molar refractivity (Wildman–Crippen MR) is 140 cm³/mol. The molecule has 0 saturated heterocycles. The summed E-state index contributed by atoms with van der Waals surface area (Å²) in [5, 5.41) is 18.2. The van der Waals surface area contributed by atoms with Crippen LogP contribution in [-0.2, 0) is 11.4 Å². The Morgan fingerprint density at radius 3 is 2.56 bits per heavy atom. The van der Waals surface area contributed by atoms with Crippen LogP contribution in [0.25, 0.3) is 0 Å². The van der Waals surface area contributed by atoms with Crippen LogP contribution in [0.1, 0.15) is 57.0 Å². The Kier molecular flexibility index (Phi) is 6.98. The van der Waals surface area contributed by atoms with Crippen LogP contribution in [0, 0.1) is 5.41 Å². The van der Waals surface area contributed by atoms with Crippen LogP contribution in [0.5, 0.6) is 10.8 Å². The van der Waals surface area contributed by atoms with E-state index in [2.05, 4.69) is 24.5 Å². The number of hydrogen-bond donors (Lipinski definition) is 3. The zero-order chi connectivity index (χ0) is 24.3. The molecule has 3 N–H and O–H groups in total. The minimum absolute atomic E-state index is 0.133. The molecule has 5 nitrogen and oxygen atoms in total. The largest absolute Gasteiger partial charge is 0.506 e. The van der Waals surface area contributed by atoms with Gasteiger partial charge in [-0.1, -0.05) is 64.1 Å². The molecule has 0 amide bonds. The fraction of sp³-hybridized carbons (Fsp3) is 0.321. The molecule has 6 heteroatoms. The van der Waals surface area contributed by atoms with Crippen molar-refractivity contribution in [3.05, 3.63) is 82.4 Å². The second-order valence-electron chi connectivity index (χ2n) is 9.17. The van der Waals surface area contributed by atoms with E-state index in [9.17, 15) is 9.90 Å². The normalized spacial score (nSPS) is 18.4. The van der Waals surface area contributed by atoms with Gasteiger partial charge in [0.2, 0.25) is 0 Å². The average Bonchev–Trinajstić information content (AvgIpc) is 3.22. The first-order valence-corrected chi connectivity index (χ1v) is 12.6. The van der Waals surface area contributed by atoms with E-state index in [0.717, 1.165) is 38.9 Å². The van der Waals surface area contributed by atoms with Gasteiger partial charge < -0.3 is 20.5 Å². The lowest BCUT2D eigenvalue weighted by atomic mass is 9.74. The van der Waals surface area contributed by atoms with Crippen molar-refractivity contribution in [1.29, 1.82) is 0 Å². The van der Waals surface area contributed by atoms with Crippen molar-refractivity contribution >= 4 is 28.5 Å². The molecule has 2 aromatic carbocycles. The smallest absolute Gasteiger partial charge is 0.174 e. The Morgan fingerprint density at radius 1 is 1.03 bits per heavy atom. The number of allylic oxidation sites excluding steroid dienone is 1. The third-order valence-corrected chi connectivity index (χ3v) is 7.00. The summed E-state index contributed by atoms with van der Waals surface area (Å²) >= 11 is 1.54. The molecule has 2 aliphatic rings. The molecule has 0 fully saturated rings. The van der Waals surface area contributed by atoms with Gasteiger partial charge in [0, 0.05) is 22.6 Å². The van der Waals surface area contributed by atoms with Gasteiger partial charge >= 0.3 is 0 Å². The number of Topliss-reactive ketones (excluding diaryl/α,β-unsaturated/α-hetero) is 1. The van der Waals surface area contributed by atoms with Crippen molar-refractivity contribution in [3.8, 4) is 10.8 Å². The number of phenols is 1. The van der Waals surface area contributed by atoms with Crippen LogP contribution < -0.4 is 15.4 Å². The van der Waals surface area contributed by atoms with Gasteiger partial charge in [-0.05, 0) is 41.7 Å². The van der Waals surface area contributed by atoms with E-state index in [1.54, 1.807) is 23.5 Å². The molecule has 0 spiro atoms. The van der Waals surface area contributed by atoms with E-state index in [0.29, 0.717) is 18.7 Å². The molecule has 1 aromatic heterocycles. The van der Waals surface area contributed by atoms with Crippen LogP contribution in [0.2, 0.25) is 0 Å². The van der Waals surface area contributed by atoms with Gasteiger partial charge in [-0.3, -0.25) is 4.79 Å². The molecule has 2 heterocycles. The summed E-state index contributed by atoms with van der Waals surface area (Å²) in [6.45, 7) is 8.71. The average molecular weight is 477 g/mol. The Labute approximate surface area is 205 Å². The molecule has 1 aliphatic carbocycles. The van der Waals surface area contributed by atoms with E-state index in [4.69, 9.17) is 4.74 Å². The van der Waals surface area contributed by atoms with Crippen molar-refractivity contribution < 1.29 is 14.6 Å². The molecule has 0 bridgehead atoms. The first kappa shape index (κ1) is 23.9. The molecular weight excluding hydrogens is 444 g/mol. The van der Waals surface area contributed by atoms with E-state index < -0.39 is 0 Å². The lowest BCUT2D eigenvalue weighted by Gasteiger charge is -2.33. The number of thiophene rings is 1. The standard InChI is InChI=1S/C26H26N2O3S.C2H6/c1-26(2)13-18-23(20(30)14-26)25(27-17-9-6-10-19(29)24(17)28-18)21-11-12-22(32-21)31-15-16-7-4-3-5-8-16;1-2/h3-12,25,27-29H,13-15H2,1-2H3;1-2H3. The molecule has 1 aliphatic heterocycles. The number of fused-ring (bicyclic) bond motifs is 1. The van der Waals surface area contributed by atoms with Crippen molar-refractivity contribution in [2.45, 2.75) is 53.2 Å². The number of ether oxygens (including phenoxy) is 1. The fourth-order valence-corrected chi connectivity index (χ4v) is 5.38. The molecule has 3 aromatic rings. The number of benzene rings is 2. The summed E-state index contributed by atoms with van der Waals surface area (Å²) in [4.78, 5) is 14.3. The number of ketones is 1. The number of anilines is 2. The van der Waals surface area contributed by atoms with Gasteiger partial charge in [0.05, 0.1) is 11.7 Å². The van der Waals surface area contributed by atoms with Crippen LogP contribution in [-0.4, -0.2) is 10.9 Å². The van der Waals surface area contributed by atoms with E-state index >= 15 is 0 Å². The van der Waals surface area contributed by atoms with Gasteiger partial charge in [-0.15, -0.1) is 11.3 Å². The highest BCUT2D eigenvalue weighted by molar-refractivity contribution is 7.14. The highest BCUT2D eigenvalue weighted by atomic mass is 32.1. The van der Waals surface area contributed by atoms with Crippen LogP contribution in [0.3, 0.4) is 0 Å². The topological polar surface area (TPSA) is 70.6 Å². The van der Waals surface area contributed by atoms with Crippen LogP contribution in [0.15, 0.2) is 71.9 Å². The molecule has 1 atom stereocenters. The maximum atomic E-state index is 13.3. The molecule has 178 valence electrons. The molecule has 0 radical (unpaired) electrons. The third-order valence-electron chi connectivity index (χ3n) is 5.94. The number of phenolic OH excluding ortho intramolecular Hbond substituents is 1. The quantitative estimate of drug-likeness (QED) is 0.345. The summed E-state index contributed by atoms with van der Waals surface area (Å²) in [5.74, 6) is 0.296. The van der Waals surface area contributed by atoms with Gasteiger partial charge in [-0.2, -0.15) is 0 Å². The number of aromatic hydroxyl groups is 1. The van der Waals surface area contributed by atoms with Crippen LogP contribution >= 0.6 is 11.3 Å². The molecular formula is C28H32N2O3S. The second-order valence-corrected chi connectivity index (χ2v) is 10.2. The third kappa shape index (κ3) is 4.97. The summed E-state index contributed by atoms with van der Waals surface area (Å²) in [7, 11) is 0. The van der Waals surface area contributed by atoms with E-state index in [1.165, 1.54) is 0 Å². The zero-order valence-electron chi connectivity index (χ0n) is 20.1.